The van der Waals surface area contributed by atoms with Crippen LogP contribution in [0.5, 0.6) is 0 Å². The summed E-state index contributed by atoms with van der Waals surface area (Å²) in [7, 11) is 0. The number of halogens is 5. The molecular weight excluding hydrogens is 691 g/mol. The maximum atomic E-state index is 14.2. The summed E-state index contributed by atoms with van der Waals surface area (Å²) < 4.78 is 83.0. The predicted octanol–water partition coefficient (Wildman–Crippen LogP) is 7.69. The van der Waals surface area contributed by atoms with Crippen LogP contribution in [-0.2, 0) is 22.6 Å². The number of nitrogens with zero attached hydrogens (tertiary/aromatic N) is 1. The van der Waals surface area contributed by atoms with Crippen molar-refractivity contribution < 1.29 is 46.1 Å². The van der Waals surface area contributed by atoms with E-state index in [0.717, 1.165) is 21.4 Å². The van der Waals surface area contributed by atoms with E-state index in [4.69, 9.17) is 9.47 Å². The highest BCUT2D eigenvalue weighted by Crippen LogP contribution is 2.43. The third kappa shape index (κ3) is 7.76. The number of pyridine rings is 1. The van der Waals surface area contributed by atoms with E-state index in [1.165, 1.54) is 18.0 Å². The molecule has 2 heterocycles. The van der Waals surface area contributed by atoms with Crippen LogP contribution in [0.3, 0.4) is 0 Å². The van der Waals surface area contributed by atoms with Crippen LogP contribution in [0.25, 0.3) is 11.1 Å². The summed E-state index contributed by atoms with van der Waals surface area (Å²) >= 11 is 1.38. The number of thioether (sulfide) groups is 1. The zero-order valence-electron chi connectivity index (χ0n) is 27.0. The molecule has 7 nitrogen and oxygen atoms in total. The zero-order chi connectivity index (χ0) is 36.2. The van der Waals surface area contributed by atoms with Gasteiger partial charge in [-0.2, -0.15) is 4.73 Å². The fourth-order valence-corrected chi connectivity index (χ4v) is 6.88. The lowest BCUT2D eigenvalue weighted by Crippen LogP contribution is -2.39. The number of benzene rings is 4. The molecule has 1 amide bonds. The number of carbonyl (C=O) groups excluding carboxylic acids is 1. The first-order valence-corrected chi connectivity index (χ1v) is 16.8. The molecule has 5 aromatic rings. The number of ether oxygens (including phenoxy) is 2. The maximum absolute atomic E-state index is 14.2. The summed E-state index contributed by atoms with van der Waals surface area (Å²) in [6.45, 7) is 1.67. The summed E-state index contributed by atoms with van der Waals surface area (Å²) in [5, 5.41) is 24.6. The minimum atomic E-state index is -2.35. The molecule has 0 saturated carbocycles. The molecule has 1 aliphatic heterocycles. The maximum Gasteiger partial charge on any atom is 0.257 e. The summed E-state index contributed by atoms with van der Waals surface area (Å²) in [5.41, 5.74) is 2.75. The Hall–Kier alpha value is -4.82. The van der Waals surface area contributed by atoms with Gasteiger partial charge < -0.3 is 25.1 Å². The first-order chi connectivity index (χ1) is 24.5. The van der Waals surface area contributed by atoms with Gasteiger partial charge in [-0.05, 0) is 46.0 Å². The predicted molar refractivity (Wildman–Crippen MR) is 178 cm³/mol. The van der Waals surface area contributed by atoms with Gasteiger partial charge in [-0.3, -0.25) is 4.79 Å². The molecule has 0 unspecified atom stereocenters. The van der Waals surface area contributed by atoms with Gasteiger partial charge in [0.15, 0.2) is 35.8 Å². The topological polar surface area (TPSA) is 94.7 Å². The van der Waals surface area contributed by atoms with Crippen molar-refractivity contribution in [2.75, 3.05) is 5.75 Å². The van der Waals surface area contributed by atoms with Crippen molar-refractivity contribution in [3.63, 3.8) is 0 Å². The van der Waals surface area contributed by atoms with E-state index < -0.39 is 46.8 Å². The van der Waals surface area contributed by atoms with E-state index in [1.807, 2.05) is 61.5 Å². The lowest BCUT2D eigenvalue weighted by Gasteiger charge is -2.41. The smallest absolute Gasteiger partial charge is 0.257 e. The van der Waals surface area contributed by atoms with Gasteiger partial charge in [0.25, 0.3) is 10.9 Å². The van der Waals surface area contributed by atoms with Gasteiger partial charge in [0.1, 0.15) is 5.56 Å². The highest BCUT2D eigenvalue weighted by molar-refractivity contribution is 7.99. The van der Waals surface area contributed by atoms with Crippen LogP contribution < -0.4 is 10.0 Å². The molecule has 0 bridgehead atoms. The van der Waals surface area contributed by atoms with Gasteiger partial charge in [0.05, 0.1) is 18.8 Å². The Morgan fingerprint density at radius 3 is 2.16 bits per heavy atom. The number of carbonyl (C=O) groups is 1. The average molecular weight is 723 g/mol. The Morgan fingerprint density at radius 2 is 1.47 bits per heavy atom. The first-order valence-electron chi connectivity index (χ1n) is 15.9. The fraction of sp³-hybridized carbons (Fsp3) is 0.211. The first kappa shape index (κ1) is 36.0. The molecule has 0 radical (unpaired) electrons. The number of nitrogens with one attached hydrogen (secondary N) is 1. The van der Waals surface area contributed by atoms with Crippen LogP contribution in [0.15, 0.2) is 102 Å². The van der Waals surface area contributed by atoms with E-state index in [2.05, 4.69) is 5.32 Å². The van der Waals surface area contributed by atoms with Gasteiger partial charge >= 0.3 is 0 Å². The Kier molecular flexibility index (Phi) is 11.0. The highest BCUT2D eigenvalue weighted by atomic mass is 32.2. The van der Waals surface area contributed by atoms with Crippen LogP contribution >= 0.6 is 11.8 Å². The summed E-state index contributed by atoms with van der Waals surface area (Å²) in [5.74, 6) is -12.3. The van der Waals surface area contributed by atoms with Crippen molar-refractivity contribution in [2.24, 2.45) is 5.92 Å². The van der Waals surface area contributed by atoms with Crippen molar-refractivity contribution in [1.29, 1.82) is 0 Å². The third-order valence-electron chi connectivity index (χ3n) is 8.62. The standard InChI is InChI=1S/C38H31F5N2O5S/c1-21-28(20-51-29-10-2-3-15-45(29)48)49-38(50-36(21)24-13-11-22(19-46)12-14-24)27-9-5-8-26(17-27)25-7-4-6-23(16-25)18-44-37(47)30-31(39)33(41)35(43)34(42)32(30)40/h2-17,21,28,36,38,46H,18-20H2,1H3,(H,44,47)/t21-,28+,36+,38+/m1/s1. The van der Waals surface area contributed by atoms with Crippen LogP contribution in [0.1, 0.15) is 51.9 Å². The van der Waals surface area contributed by atoms with Crippen LogP contribution in [0.4, 0.5) is 22.0 Å². The van der Waals surface area contributed by atoms with E-state index in [9.17, 15) is 37.1 Å². The van der Waals surface area contributed by atoms with Crippen LogP contribution in [0, 0.1) is 40.2 Å². The summed E-state index contributed by atoms with van der Waals surface area (Å²) in [6.07, 6.45) is -0.0733. The van der Waals surface area contributed by atoms with Gasteiger partial charge in [0, 0.05) is 35.9 Å². The highest BCUT2D eigenvalue weighted by Gasteiger charge is 2.39. The number of hydrogen-bond donors (Lipinski definition) is 2. The normalized spacial score (nSPS) is 18.8. The lowest BCUT2D eigenvalue weighted by atomic mass is 9.91. The second-order valence-electron chi connectivity index (χ2n) is 12.0. The molecule has 4 atom stereocenters. The van der Waals surface area contributed by atoms with Crippen molar-refractivity contribution in [1.82, 2.24) is 5.32 Å². The third-order valence-corrected chi connectivity index (χ3v) is 9.72. The largest absolute Gasteiger partial charge is 0.618 e. The second kappa shape index (κ2) is 15.6. The Morgan fingerprint density at radius 1 is 0.804 bits per heavy atom. The van der Waals surface area contributed by atoms with Crippen molar-refractivity contribution in [3.05, 3.63) is 159 Å². The molecule has 0 aliphatic carbocycles. The molecule has 1 aliphatic rings. The molecule has 6 rings (SSSR count). The number of hydrogen-bond acceptors (Lipinski definition) is 6. The molecule has 0 spiro atoms. The van der Waals surface area contributed by atoms with Crippen molar-refractivity contribution >= 4 is 17.7 Å². The molecule has 1 aromatic heterocycles. The molecule has 264 valence electrons. The number of aliphatic hydroxyl groups excluding tert-OH is 1. The molecule has 51 heavy (non-hydrogen) atoms. The summed E-state index contributed by atoms with van der Waals surface area (Å²) in [6, 6.07) is 27.0. The van der Waals surface area contributed by atoms with Crippen LogP contribution in [-0.4, -0.2) is 22.9 Å². The van der Waals surface area contributed by atoms with Crippen LogP contribution in [0.2, 0.25) is 0 Å². The molecular formula is C38H31F5N2O5S. The number of aromatic nitrogens is 1. The SMILES string of the molecule is C[C@@H]1[C@H](CSc2cccc[n+]2[O-])O[C@H](c2cccc(-c3cccc(CNC(=O)c4c(F)c(F)c(F)c(F)c4F)c3)c2)O[C@@H]1c1ccc(CO)cc1. The van der Waals surface area contributed by atoms with E-state index >= 15 is 0 Å². The second-order valence-corrected chi connectivity index (χ2v) is 13.0. The van der Waals surface area contributed by atoms with E-state index in [1.54, 1.807) is 36.4 Å². The Bertz CT molecular complexity index is 2020. The van der Waals surface area contributed by atoms with Gasteiger partial charge in [0.2, 0.25) is 5.82 Å². The minimum absolute atomic E-state index is 0.0929. The monoisotopic (exact) mass is 722 g/mol. The van der Waals surface area contributed by atoms with Crippen molar-refractivity contribution in [3.8, 4) is 11.1 Å². The average Bonchev–Trinajstić information content (AvgIpc) is 3.16. The molecule has 1 saturated heterocycles. The number of amides is 1. The zero-order valence-corrected chi connectivity index (χ0v) is 27.8. The summed E-state index contributed by atoms with van der Waals surface area (Å²) in [4.78, 5) is 12.5. The molecule has 13 heteroatoms. The minimum Gasteiger partial charge on any atom is -0.618 e. The molecule has 4 aromatic carbocycles. The molecule has 2 N–H and O–H groups in total. The van der Waals surface area contributed by atoms with E-state index in [-0.39, 0.29) is 31.3 Å². The number of aliphatic hydroxyl groups is 1. The van der Waals surface area contributed by atoms with Gasteiger partial charge in [-0.25, -0.2) is 22.0 Å². The molecule has 1 fully saturated rings. The lowest BCUT2D eigenvalue weighted by molar-refractivity contribution is -0.645. The van der Waals surface area contributed by atoms with E-state index in [0.29, 0.717) is 27.5 Å². The fourth-order valence-electron chi connectivity index (χ4n) is 5.80. The van der Waals surface area contributed by atoms with Gasteiger partial charge in [-0.1, -0.05) is 79.3 Å². The number of rotatable bonds is 10. The van der Waals surface area contributed by atoms with Crippen molar-refractivity contribution in [2.45, 2.75) is 43.6 Å². The van der Waals surface area contributed by atoms with Gasteiger partial charge in [-0.15, -0.1) is 0 Å². The Labute approximate surface area is 294 Å². The quantitative estimate of drug-likeness (QED) is 0.0384. The Balaban J connectivity index is 1.23.